The van der Waals surface area contributed by atoms with Crippen LogP contribution in [0.15, 0.2) is 23.1 Å². The molecule has 0 radical (unpaired) electrons. The van der Waals surface area contributed by atoms with Crippen molar-refractivity contribution in [3.8, 4) is 0 Å². The summed E-state index contributed by atoms with van der Waals surface area (Å²) in [6.07, 6.45) is 4.92. The fraction of sp³-hybridized carbons (Fsp3) is 0.538. The van der Waals surface area contributed by atoms with Crippen LogP contribution in [0, 0.1) is 11.8 Å². The van der Waals surface area contributed by atoms with E-state index in [1.54, 1.807) is 12.1 Å². The fourth-order valence-corrected chi connectivity index (χ4v) is 3.34. The molecule has 0 saturated heterocycles. The van der Waals surface area contributed by atoms with Gasteiger partial charge in [-0.1, -0.05) is 0 Å². The first kappa shape index (κ1) is 12.7. The van der Waals surface area contributed by atoms with Gasteiger partial charge < -0.3 is 11.1 Å². The van der Waals surface area contributed by atoms with E-state index in [9.17, 15) is 8.42 Å². The molecule has 0 spiro atoms. The van der Waals surface area contributed by atoms with E-state index in [1.807, 2.05) is 0 Å². The number of nitrogens with one attached hydrogen (secondary N) is 1. The van der Waals surface area contributed by atoms with Crippen molar-refractivity contribution in [3.05, 3.63) is 18.2 Å². The maximum absolute atomic E-state index is 11.6. The van der Waals surface area contributed by atoms with Crippen LogP contribution in [-0.4, -0.2) is 14.5 Å². The van der Waals surface area contributed by atoms with Gasteiger partial charge in [-0.2, -0.15) is 0 Å². The molecule has 1 aromatic rings. The molecule has 1 aromatic carbocycles. The molecule has 0 unspecified atom stereocenters. The van der Waals surface area contributed by atoms with Crippen molar-refractivity contribution in [3.63, 3.8) is 0 Å². The van der Waals surface area contributed by atoms with Crippen LogP contribution in [0.2, 0.25) is 0 Å². The maximum Gasteiger partial charge on any atom is 0.240 e. The molecular formula is C13H19N3O2S. The Balaban J connectivity index is 1.91. The highest BCUT2D eigenvalue weighted by molar-refractivity contribution is 7.89. The minimum Gasteiger partial charge on any atom is -0.399 e. The monoisotopic (exact) mass is 281 g/mol. The van der Waals surface area contributed by atoms with Crippen LogP contribution < -0.4 is 16.2 Å². The Bertz CT molecular complexity index is 580. The second-order valence-corrected chi connectivity index (χ2v) is 7.18. The zero-order valence-corrected chi connectivity index (χ0v) is 11.5. The number of anilines is 2. The predicted molar refractivity (Wildman–Crippen MR) is 75.1 cm³/mol. The predicted octanol–water partition coefficient (Wildman–Crippen LogP) is 1.52. The Morgan fingerprint density at radius 1 is 1.16 bits per heavy atom. The van der Waals surface area contributed by atoms with Crippen LogP contribution in [-0.2, 0) is 10.0 Å². The lowest BCUT2D eigenvalue weighted by Crippen LogP contribution is -2.26. The SMILES string of the molecule is Nc1ccc(NC(C2CC2)C2CC2)c(S(N)(=O)=O)c1. The second kappa shape index (κ2) is 4.38. The van der Waals surface area contributed by atoms with Crippen LogP contribution in [0.25, 0.3) is 0 Å². The van der Waals surface area contributed by atoms with Crippen molar-refractivity contribution >= 4 is 21.4 Å². The summed E-state index contributed by atoms with van der Waals surface area (Å²) in [5, 5.41) is 8.65. The molecule has 5 nitrogen and oxygen atoms in total. The van der Waals surface area contributed by atoms with Crippen molar-refractivity contribution in [2.24, 2.45) is 17.0 Å². The summed E-state index contributed by atoms with van der Waals surface area (Å²) in [4.78, 5) is 0.0961. The molecule has 6 heteroatoms. The summed E-state index contributed by atoms with van der Waals surface area (Å²) in [6, 6.07) is 5.22. The van der Waals surface area contributed by atoms with Crippen molar-refractivity contribution in [1.82, 2.24) is 0 Å². The Labute approximate surface area is 113 Å². The van der Waals surface area contributed by atoms with E-state index in [0.717, 1.165) is 0 Å². The Morgan fingerprint density at radius 2 is 1.74 bits per heavy atom. The van der Waals surface area contributed by atoms with Crippen molar-refractivity contribution in [1.29, 1.82) is 0 Å². The summed E-state index contributed by atoms with van der Waals surface area (Å²) >= 11 is 0. The molecule has 0 aliphatic heterocycles. The van der Waals surface area contributed by atoms with Gasteiger partial charge in [0, 0.05) is 11.7 Å². The first-order chi connectivity index (χ1) is 8.95. The minimum atomic E-state index is -3.75. The average molecular weight is 281 g/mol. The lowest BCUT2D eigenvalue weighted by molar-refractivity contribution is 0.565. The van der Waals surface area contributed by atoms with E-state index in [1.165, 1.54) is 31.7 Å². The van der Waals surface area contributed by atoms with Gasteiger partial charge in [-0.15, -0.1) is 0 Å². The lowest BCUT2D eigenvalue weighted by atomic mass is 10.1. The number of hydrogen-bond acceptors (Lipinski definition) is 4. The molecule has 2 aliphatic carbocycles. The highest BCUT2D eigenvalue weighted by Crippen LogP contribution is 2.46. The van der Waals surface area contributed by atoms with Crippen LogP contribution in [0.5, 0.6) is 0 Å². The number of primary sulfonamides is 1. The Morgan fingerprint density at radius 3 is 2.21 bits per heavy atom. The van der Waals surface area contributed by atoms with Gasteiger partial charge >= 0.3 is 0 Å². The third-order valence-corrected chi connectivity index (χ3v) is 4.84. The van der Waals surface area contributed by atoms with Gasteiger partial charge in [-0.3, -0.25) is 0 Å². The van der Waals surface area contributed by atoms with Gasteiger partial charge in [-0.05, 0) is 55.7 Å². The molecule has 2 saturated carbocycles. The molecule has 104 valence electrons. The molecule has 19 heavy (non-hydrogen) atoms. The van der Waals surface area contributed by atoms with Gasteiger partial charge in [-0.25, -0.2) is 13.6 Å². The van der Waals surface area contributed by atoms with Gasteiger partial charge in [0.15, 0.2) is 0 Å². The van der Waals surface area contributed by atoms with Gasteiger partial charge in [0.25, 0.3) is 0 Å². The topological polar surface area (TPSA) is 98.2 Å². The fourth-order valence-electron chi connectivity index (χ4n) is 2.60. The van der Waals surface area contributed by atoms with E-state index >= 15 is 0 Å². The molecule has 2 fully saturated rings. The Kier molecular flexibility index (Phi) is 2.94. The average Bonchev–Trinajstić information content (AvgIpc) is 3.19. The zero-order chi connectivity index (χ0) is 13.6. The van der Waals surface area contributed by atoms with E-state index < -0.39 is 10.0 Å². The van der Waals surface area contributed by atoms with Crippen molar-refractivity contribution in [2.75, 3.05) is 11.1 Å². The normalized spacial score (nSPS) is 19.7. The van der Waals surface area contributed by atoms with Crippen molar-refractivity contribution < 1.29 is 8.42 Å². The quantitative estimate of drug-likeness (QED) is 0.713. The molecule has 0 bridgehead atoms. The van der Waals surface area contributed by atoms with E-state index in [0.29, 0.717) is 29.3 Å². The van der Waals surface area contributed by atoms with Crippen LogP contribution >= 0.6 is 0 Å². The lowest BCUT2D eigenvalue weighted by Gasteiger charge is -2.21. The highest BCUT2D eigenvalue weighted by Gasteiger charge is 2.41. The smallest absolute Gasteiger partial charge is 0.240 e. The summed E-state index contributed by atoms with van der Waals surface area (Å²) in [5.74, 6) is 1.36. The van der Waals surface area contributed by atoms with Gasteiger partial charge in [0.2, 0.25) is 10.0 Å². The Hall–Kier alpha value is -1.27. The summed E-state index contributed by atoms with van der Waals surface area (Å²) in [6.45, 7) is 0. The summed E-state index contributed by atoms with van der Waals surface area (Å²) in [5.41, 5.74) is 6.64. The number of nitrogens with two attached hydrogens (primary N) is 2. The number of hydrogen-bond donors (Lipinski definition) is 3. The van der Waals surface area contributed by atoms with Crippen LogP contribution in [0.4, 0.5) is 11.4 Å². The number of sulfonamides is 1. The van der Waals surface area contributed by atoms with Gasteiger partial charge in [0.05, 0.1) is 5.69 Å². The van der Waals surface area contributed by atoms with Crippen LogP contribution in [0.3, 0.4) is 0 Å². The largest absolute Gasteiger partial charge is 0.399 e. The summed E-state index contributed by atoms with van der Waals surface area (Å²) in [7, 11) is -3.75. The molecule has 0 atom stereocenters. The molecule has 3 rings (SSSR count). The standard InChI is InChI=1S/C13H19N3O2S/c14-10-5-6-11(12(7-10)19(15,17)18)16-13(8-1-2-8)9-3-4-9/h5-9,13,16H,1-4,14H2,(H2,15,17,18). The molecule has 0 amide bonds. The molecule has 0 heterocycles. The first-order valence-electron chi connectivity index (χ1n) is 6.64. The van der Waals surface area contributed by atoms with E-state index in [2.05, 4.69) is 5.32 Å². The van der Waals surface area contributed by atoms with Gasteiger partial charge in [0.1, 0.15) is 4.90 Å². The summed E-state index contributed by atoms with van der Waals surface area (Å²) < 4.78 is 23.3. The molecular weight excluding hydrogens is 262 g/mol. The zero-order valence-electron chi connectivity index (χ0n) is 10.7. The minimum absolute atomic E-state index is 0.0961. The number of rotatable bonds is 5. The highest BCUT2D eigenvalue weighted by atomic mass is 32.2. The number of benzene rings is 1. The van der Waals surface area contributed by atoms with E-state index in [4.69, 9.17) is 10.9 Å². The third-order valence-electron chi connectivity index (χ3n) is 3.89. The second-order valence-electron chi connectivity index (χ2n) is 5.65. The third kappa shape index (κ3) is 2.84. The molecule has 2 aliphatic rings. The molecule has 5 N–H and O–H groups in total. The maximum atomic E-state index is 11.6. The van der Waals surface area contributed by atoms with Crippen molar-refractivity contribution in [2.45, 2.75) is 36.6 Å². The first-order valence-corrected chi connectivity index (χ1v) is 8.18. The van der Waals surface area contributed by atoms with Crippen LogP contribution in [0.1, 0.15) is 25.7 Å². The van der Waals surface area contributed by atoms with E-state index in [-0.39, 0.29) is 4.90 Å². The number of nitrogen functional groups attached to an aromatic ring is 1. The molecule has 0 aromatic heterocycles.